The van der Waals surface area contributed by atoms with Crippen LogP contribution in [0.5, 0.6) is 5.75 Å². The van der Waals surface area contributed by atoms with Gasteiger partial charge in [0.05, 0.1) is 0 Å². The number of carboxylic acid groups (broad SMARTS) is 1. The molecule has 1 aromatic carbocycles. The number of hydrogen-bond acceptors (Lipinski definition) is 3. The van der Waals surface area contributed by atoms with Crippen molar-refractivity contribution in [2.24, 2.45) is 0 Å². The summed E-state index contributed by atoms with van der Waals surface area (Å²) in [7, 11) is 1.42. The van der Waals surface area contributed by atoms with Crippen LogP contribution < -0.4 is 4.74 Å². The zero-order valence-electron chi connectivity index (χ0n) is 11.0. The summed E-state index contributed by atoms with van der Waals surface area (Å²) in [5.74, 6) is -0.938. The van der Waals surface area contributed by atoms with Crippen molar-refractivity contribution in [3.8, 4) is 5.75 Å². The second-order valence-corrected chi connectivity index (χ2v) is 4.67. The van der Waals surface area contributed by atoms with E-state index in [1.165, 1.54) is 7.05 Å². The lowest BCUT2D eigenvalue weighted by Gasteiger charge is -2.20. The van der Waals surface area contributed by atoms with Gasteiger partial charge < -0.3 is 14.7 Å². The molecule has 0 spiro atoms. The monoisotopic (exact) mass is 285 g/mol. The molecule has 1 N–H and O–H groups in total. The molecular weight excluding hydrogens is 270 g/mol. The SMILES string of the molecule is Cc1cc(OC(C)C(=O)N(C)CC(=O)O)ccc1Cl. The summed E-state index contributed by atoms with van der Waals surface area (Å²) < 4.78 is 5.47. The zero-order chi connectivity index (χ0) is 14.6. The molecule has 0 fully saturated rings. The van der Waals surface area contributed by atoms with Crippen LogP contribution in [0.25, 0.3) is 0 Å². The lowest BCUT2D eigenvalue weighted by molar-refractivity contribution is -0.146. The van der Waals surface area contributed by atoms with Crippen LogP contribution in [0.3, 0.4) is 0 Å². The van der Waals surface area contributed by atoms with Crippen LogP contribution >= 0.6 is 11.6 Å². The van der Waals surface area contributed by atoms with E-state index < -0.39 is 18.0 Å². The van der Waals surface area contributed by atoms with Gasteiger partial charge in [0.25, 0.3) is 5.91 Å². The van der Waals surface area contributed by atoms with Gasteiger partial charge in [-0.1, -0.05) is 11.6 Å². The van der Waals surface area contributed by atoms with Gasteiger partial charge in [-0.05, 0) is 37.6 Å². The average Bonchev–Trinajstić information content (AvgIpc) is 2.32. The Morgan fingerprint density at radius 2 is 2.11 bits per heavy atom. The number of rotatable bonds is 5. The Labute approximate surface area is 116 Å². The largest absolute Gasteiger partial charge is 0.481 e. The summed E-state index contributed by atoms with van der Waals surface area (Å²) in [6.45, 7) is 3.05. The first-order valence-corrected chi connectivity index (χ1v) is 6.08. The minimum absolute atomic E-state index is 0.355. The predicted molar refractivity (Wildman–Crippen MR) is 71.6 cm³/mol. The molecular formula is C13H16ClNO4. The van der Waals surface area contributed by atoms with Gasteiger partial charge in [-0.2, -0.15) is 0 Å². The van der Waals surface area contributed by atoms with Crippen LogP contribution in [0, 0.1) is 6.92 Å². The molecule has 104 valence electrons. The summed E-state index contributed by atoms with van der Waals surface area (Å²) >= 11 is 5.89. The highest BCUT2D eigenvalue weighted by molar-refractivity contribution is 6.31. The Hall–Kier alpha value is -1.75. The second-order valence-electron chi connectivity index (χ2n) is 4.26. The number of carboxylic acids is 1. The van der Waals surface area contributed by atoms with Gasteiger partial charge in [0.15, 0.2) is 6.10 Å². The Bertz CT molecular complexity index is 490. The maximum absolute atomic E-state index is 11.8. The summed E-state index contributed by atoms with van der Waals surface area (Å²) in [5.41, 5.74) is 0.845. The maximum atomic E-state index is 11.8. The van der Waals surface area contributed by atoms with Gasteiger partial charge in [0.1, 0.15) is 12.3 Å². The van der Waals surface area contributed by atoms with Gasteiger partial charge in [0.2, 0.25) is 0 Å². The summed E-state index contributed by atoms with van der Waals surface area (Å²) in [5, 5.41) is 9.24. The van der Waals surface area contributed by atoms with Crippen molar-refractivity contribution in [2.45, 2.75) is 20.0 Å². The zero-order valence-corrected chi connectivity index (χ0v) is 11.8. The normalized spacial score (nSPS) is 11.8. The van der Waals surface area contributed by atoms with E-state index in [1.807, 2.05) is 6.92 Å². The van der Waals surface area contributed by atoms with E-state index in [1.54, 1.807) is 25.1 Å². The fraction of sp³-hybridized carbons (Fsp3) is 0.385. The number of likely N-dealkylation sites (N-methyl/N-ethyl adjacent to an activating group) is 1. The first-order chi connectivity index (χ1) is 8.81. The van der Waals surface area contributed by atoms with Crippen LogP contribution in [0.4, 0.5) is 0 Å². The minimum Gasteiger partial charge on any atom is -0.481 e. The third-order valence-electron chi connectivity index (χ3n) is 2.54. The molecule has 0 saturated carbocycles. The summed E-state index contributed by atoms with van der Waals surface area (Å²) in [4.78, 5) is 23.5. The van der Waals surface area contributed by atoms with E-state index in [0.29, 0.717) is 10.8 Å². The Balaban J connectivity index is 2.68. The van der Waals surface area contributed by atoms with Crippen molar-refractivity contribution in [3.05, 3.63) is 28.8 Å². The third kappa shape index (κ3) is 4.44. The molecule has 1 aromatic rings. The molecule has 1 rings (SSSR count). The number of carbonyl (C=O) groups is 2. The van der Waals surface area contributed by atoms with Crippen molar-refractivity contribution in [2.75, 3.05) is 13.6 Å². The van der Waals surface area contributed by atoms with Crippen LogP contribution in [0.15, 0.2) is 18.2 Å². The van der Waals surface area contributed by atoms with Gasteiger partial charge in [-0.15, -0.1) is 0 Å². The van der Waals surface area contributed by atoms with Crippen molar-refractivity contribution in [3.63, 3.8) is 0 Å². The van der Waals surface area contributed by atoms with Crippen LogP contribution in [0.2, 0.25) is 5.02 Å². The van der Waals surface area contributed by atoms with Crippen LogP contribution in [0.1, 0.15) is 12.5 Å². The number of aryl methyl sites for hydroxylation is 1. The first-order valence-electron chi connectivity index (χ1n) is 5.71. The highest BCUT2D eigenvalue weighted by Crippen LogP contribution is 2.22. The van der Waals surface area contributed by atoms with Gasteiger partial charge in [-0.3, -0.25) is 9.59 Å². The number of benzene rings is 1. The standard InChI is InChI=1S/C13H16ClNO4/c1-8-6-10(4-5-11(8)14)19-9(2)13(18)15(3)7-12(16)17/h4-6,9H,7H2,1-3H3,(H,16,17). The number of carbonyl (C=O) groups excluding carboxylic acids is 1. The molecule has 0 aromatic heterocycles. The number of amides is 1. The van der Waals surface area contributed by atoms with Crippen molar-refractivity contribution in [1.29, 1.82) is 0 Å². The second kappa shape index (κ2) is 6.43. The van der Waals surface area contributed by atoms with Gasteiger partial charge in [-0.25, -0.2) is 0 Å². The molecule has 1 amide bonds. The molecule has 0 bridgehead atoms. The van der Waals surface area contributed by atoms with Crippen molar-refractivity contribution >= 4 is 23.5 Å². The van der Waals surface area contributed by atoms with Gasteiger partial charge in [0, 0.05) is 12.1 Å². The fourth-order valence-corrected chi connectivity index (χ4v) is 1.65. The van der Waals surface area contributed by atoms with Crippen molar-refractivity contribution < 1.29 is 19.4 Å². The predicted octanol–water partition coefficient (Wildman–Crippen LogP) is 1.96. The molecule has 0 aliphatic heterocycles. The van der Waals surface area contributed by atoms with E-state index in [4.69, 9.17) is 21.4 Å². The molecule has 5 nitrogen and oxygen atoms in total. The van der Waals surface area contributed by atoms with Crippen molar-refractivity contribution in [1.82, 2.24) is 4.90 Å². The minimum atomic E-state index is -1.06. The van der Waals surface area contributed by atoms with E-state index in [-0.39, 0.29) is 6.54 Å². The molecule has 0 aliphatic rings. The smallest absolute Gasteiger partial charge is 0.323 e. The van der Waals surface area contributed by atoms with E-state index in [0.717, 1.165) is 10.5 Å². The summed E-state index contributed by atoms with van der Waals surface area (Å²) in [6.07, 6.45) is -0.759. The number of aliphatic carboxylic acids is 1. The molecule has 0 radical (unpaired) electrons. The first kappa shape index (κ1) is 15.3. The van der Waals surface area contributed by atoms with Crippen LogP contribution in [-0.4, -0.2) is 41.6 Å². The number of nitrogens with zero attached hydrogens (tertiary/aromatic N) is 1. The molecule has 19 heavy (non-hydrogen) atoms. The Morgan fingerprint density at radius 3 is 2.63 bits per heavy atom. The lowest BCUT2D eigenvalue weighted by Crippen LogP contribution is -2.40. The Kier molecular flexibility index (Phi) is 5.18. The number of ether oxygens (including phenoxy) is 1. The topological polar surface area (TPSA) is 66.8 Å². The van der Waals surface area contributed by atoms with E-state index >= 15 is 0 Å². The quantitative estimate of drug-likeness (QED) is 0.898. The van der Waals surface area contributed by atoms with E-state index in [9.17, 15) is 9.59 Å². The molecule has 0 aliphatic carbocycles. The molecule has 1 atom stereocenters. The maximum Gasteiger partial charge on any atom is 0.323 e. The van der Waals surface area contributed by atoms with Crippen LogP contribution in [-0.2, 0) is 9.59 Å². The highest BCUT2D eigenvalue weighted by Gasteiger charge is 2.20. The third-order valence-corrected chi connectivity index (χ3v) is 2.96. The number of halogens is 1. The fourth-order valence-electron chi connectivity index (χ4n) is 1.54. The summed E-state index contributed by atoms with van der Waals surface area (Å²) in [6, 6.07) is 5.07. The van der Waals surface area contributed by atoms with E-state index in [2.05, 4.69) is 0 Å². The highest BCUT2D eigenvalue weighted by atomic mass is 35.5. The molecule has 0 heterocycles. The van der Waals surface area contributed by atoms with Gasteiger partial charge >= 0.3 is 5.97 Å². The molecule has 0 saturated heterocycles. The Morgan fingerprint density at radius 1 is 1.47 bits per heavy atom. The average molecular weight is 286 g/mol. The number of hydrogen-bond donors (Lipinski definition) is 1. The molecule has 6 heteroatoms. The lowest BCUT2D eigenvalue weighted by atomic mass is 10.2. The molecule has 1 unspecified atom stereocenters.